The Hall–Kier alpha value is -6.91. The number of pyridine rings is 2. The van der Waals surface area contributed by atoms with Crippen LogP contribution in [-0.2, 0) is 0 Å². The normalized spacial score (nSPS) is 11.9. The molecule has 0 saturated carbocycles. The van der Waals surface area contributed by atoms with Crippen LogP contribution in [0.15, 0.2) is 170 Å². The summed E-state index contributed by atoms with van der Waals surface area (Å²) in [6.07, 6.45) is 0. The summed E-state index contributed by atoms with van der Waals surface area (Å²) in [6.45, 7) is 0. The van der Waals surface area contributed by atoms with Crippen molar-refractivity contribution < 1.29 is 0 Å². The molecule has 11 rings (SSSR count). The zero-order chi connectivity index (χ0) is 33.5. The number of aromatic nitrogens is 4. The molecule has 7 aromatic carbocycles. The fourth-order valence-corrected chi connectivity index (χ4v) is 7.99. The van der Waals surface area contributed by atoms with Crippen molar-refractivity contribution in [2.75, 3.05) is 0 Å². The van der Waals surface area contributed by atoms with Crippen LogP contribution in [-0.4, -0.2) is 19.5 Å². The van der Waals surface area contributed by atoms with Crippen molar-refractivity contribution in [1.82, 2.24) is 19.5 Å². The van der Waals surface area contributed by atoms with Gasteiger partial charge >= 0.3 is 0 Å². The highest BCUT2D eigenvalue weighted by Gasteiger charge is 2.23. The average molecular weight is 649 g/mol. The molecule has 0 N–H and O–H groups in total. The van der Waals surface area contributed by atoms with Crippen LogP contribution in [0.5, 0.6) is 0 Å². The van der Waals surface area contributed by atoms with E-state index in [0.29, 0.717) is 0 Å². The summed E-state index contributed by atoms with van der Waals surface area (Å²) in [5.41, 5.74) is 15.1. The third-order valence-corrected chi connectivity index (χ3v) is 10.3. The number of fused-ring (bicyclic) bond motifs is 7. The Morgan fingerprint density at radius 3 is 1.82 bits per heavy atom. The summed E-state index contributed by atoms with van der Waals surface area (Å²) < 4.78 is 2.24. The van der Waals surface area contributed by atoms with E-state index >= 15 is 0 Å². The van der Waals surface area contributed by atoms with Crippen molar-refractivity contribution in [1.29, 1.82) is 0 Å². The molecule has 3 heterocycles. The molecule has 0 amide bonds. The number of rotatable bonds is 4. The van der Waals surface area contributed by atoms with Crippen molar-refractivity contribution in [2.45, 2.75) is 0 Å². The van der Waals surface area contributed by atoms with Gasteiger partial charge in [-0.3, -0.25) is 4.57 Å². The van der Waals surface area contributed by atoms with Crippen LogP contribution in [0.2, 0.25) is 0 Å². The molecule has 4 nitrogen and oxygen atoms in total. The molecule has 0 saturated heterocycles. The molecule has 236 valence electrons. The smallest absolute Gasteiger partial charge is 0.145 e. The number of para-hydroxylation sites is 3. The van der Waals surface area contributed by atoms with E-state index in [1.807, 2.05) is 12.1 Å². The summed E-state index contributed by atoms with van der Waals surface area (Å²) in [5, 5.41) is 4.66. The first-order valence-electron chi connectivity index (χ1n) is 17.3. The van der Waals surface area contributed by atoms with Crippen molar-refractivity contribution in [3.8, 4) is 61.8 Å². The van der Waals surface area contributed by atoms with Crippen LogP contribution >= 0.6 is 0 Å². The Morgan fingerprint density at radius 1 is 0.392 bits per heavy atom. The molecule has 0 aliphatic heterocycles. The second-order valence-electron chi connectivity index (χ2n) is 13.2. The molecule has 0 fully saturated rings. The van der Waals surface area contributed by atoms with Gasteiger partial charge in [-0.05, 0) is 75.5 Å². The molecule has 10 aromatic rings. The summed E-state index contributed by atoms with van der Waals surface area (Å²) in [5.74, 6) is 0.898. The SMILES string of the molecule is c1ccc(-n2c(-c3cccc(-c4ccc5ccc6ccc(-c7ccc8c9c(cccc79)-c7ccccc7-8)nc6c5n4)c3)nc3ccccc32)cc1. The van der Waals surface area contributed by atoms with Crippen molar-refractivity contribution in [3.05, 3.63) is 170 Å². The Kier molecular flexibility index (Phi) is 5.92. The van der Waals surface area contributed by atoms with Gasteiger partial charge in [-0.2, -0.15) is 0 Å². The predicted octanol–water partition coefficient (Wildman–Crippen LogP) is 11.9. The first kappa shape index (κ1) is 28.0. The number of nitrogens with zero attached hydrogens (tertiary/aromatic N) is 4. The second kappa shape index (κ2) is 10.8. The second-order valence-corrected chi connectivity index (χ2v) is 13.2. The predicted molar refractivity (Wildman–Crippen MR) is 210 cm³/mol. The first-order chi connectivity index (χ1) is 25.3. The zero-order valence-electron chi connectivity index (χ0n) is 27.5. The number of benzene rings is 7. The molecular weight excluding hydrogens is 621 g/mol. The van der Waals surface area contributed by atoms with Gasteiger partial charge in [0.25, 0.3) is 0 Å². The van der Waals surface area contributed by atoms with E-state index in [2.05, 4.69) is 162 Å². The highest BCUT2D eigenvalue weighted by molar-refractivity contribution is 6.18. The monoisotopic (exact) mass is 648 g/mol. The first-order valence-corrected chi connectivity index (χ1v) is 17.3. The average Bonchev–Trinajstić information content (AvgIpc) is 3.75. The molecule has 0 radical (unpaired) electrons. The topological polar surface area (TPSA) is 43.6 Å². The lowest BCUT2D eigenvalue weighted by Gasteiger charge is -2.12. The lowest BCUT2D eigenvalue weighted by molar-refractivity contribution is 1.10. The van der Waals surface area contributed by atoms with Crippen molar-refractivity contribution in [2.24, 2.45) is 0 Å². The molecule has 0 bridgehead atoms. The third kappa shape index (κ3) is 4.23. The zero-order valence-corrected chi connectivity index (χ0v) is 27.5. The highest BCUT2D eigenvalue weighted by atomic mass is 15.1. The van der Waals surface area contributed by atoms with E-state index in [9.17, 15) is 0 Å². The van der Waals surface area contributed by atoms with E-state index in [1.165, 1.54) is 33.0 Å². The Balaban J connectivity index is 1.05. The summed E-state index contributed by atoms with van der Waals surface area (Å²) in [6, 6.07) is 60.0. The minimum absolute atomic E-state index is 0.895. The van der Waals surface area contributed by atoms with Gasteiger partial charge < -0.3 is 0 Å². The third-order valence-electron chi connectivity index (χ3n) is 10.3. The van der Waals surface area contributed by atoms with Gasteiger partial charge in [0.2, 0.25) is 0 Å². The largest absolute Gasteiger partial charge is 0.292 e. The maximum absolute atomic E-state index is 5.35. The molecule has 1 aliphatic carbocycles. The molecule has 1 aliphatic rings. The quantitative estimate of drug-likeness (QED) is 0.178. The van der Waals surface area contributed by atoms with Gasteiger partial charge in [0.15, 0.2) is 0 Å². The number of imidazole rings is 1. The van der Waals surface area contributed by atoms with Crippen LogP contribution < -0.4 is 0 Å². The Bertz CT molecular complexity index is 3000. The minimum Gasteiger partial charge on any atom is -0.292 e. The standard InChI is InChI=1S/C47H28N4/c1-2-12-33(13-3-1)51-43-19-7-6-18-42(43)50-47(51)32-11-8-10-31(28-32)40-26-22-29-20-21-30-23-27-41(49-46(30)45(29)48-40)36-24-25-39-35-15-5-4-14-34(35)37-16-9-17-38(36)44(37)39/h1-28H. The molecule has 0 spiro atoms. The van der Waals surface area contributed by atoms with Crippen molar-refractivity contribution in [3.63, 3.8) is 0 Å². The van der Waals surface area contributed by atoms with Gasteiger partial charge in [-0.15, -0.1) is 0 Å². The molecule has 51 heavy (non-hydrogen) atoms. The van der Waals surface area contributed by atoms with E-state index in [1.54, 1.807) is 0 Å². The van der Waals surface area contributed by atoms with E-state index in [4.69, 9.17) is 15.0 Å². The number of hydrogen-bond donors (Lipinski definition) is 0. The Morgan fingerprint density at radius 2 is 1.00 bits per heavy atom. The molecular formula is C47H28N4. The van der Waals surface area contributed by atoms with E-state index in [-0.39, 0.29) is 0 Å². The maximum atomic E-state index is 5.35. The highest BCUT2D eigenvalue weighted by Crippen LogP contribution is 2.49. The van der Waals surface area contributed by atoms with Gasteiger partial charge in [0.05, 0.1) is 33.5 Å². The lowest BCUT2D eigenvalue weighted by Crippen LogP contribution is -1.97. The minimum atomic E-state index is 0.895. The van der Waals surface area contributed by atoms with Gasteiger partial charge in [-0.25, -0.2) is 15.0 Å². The van der Waals surface area contributed by atoms with E-state index in [0.717, 1.165) is 72.4 Å². The van der Waals surface area contributed by atoms with Crippen LogP contribution in [0.3, 0.4) is 0 Å². The van der Waals surface area contributed by atoms with Crippen LogP contribution in [0.4, 0.5) is 0 Å². The lowest BCUT2D eigenvalue weighted by atomic mass is 9.96. The van der Waals surface area contributed by atoms with Crippen LogP contribution in [0.1, 0.15) is 0 Å². The van der Waals surface area contributed by atoms with Crippen LogP contribution in [0, 0.1) is 0 Å². The van der Waals surface area contributed by atoms with Crippen molar-refractivity contribution >= 4 is 43.6 Å². The van der Waals surface area contributed by atoms with Gasteiger partial charge in [0.1, 0.15) is 5.82 Å². The molecule has 4 heteroatoms. The fraction of sp³-hybridized carbons (Fsp3) is 0. The fourth-order valence-electron chi connectivity index (χ4n) is 7.99. The number of hydrogen-bond acceptors (Lipinski definition) is 3. The summed E-state index contributed by atoms with van der Waals surface area (Å²) >= 11 is 0. The molecule has 0 unspecified atom stereocenters. The molecule has 3 aromatic heterocycles. The van der Waals surface area contributed by atoms with E-state index < -0.39 is 0 Å². The van der Waals surface area contributed by atoms with Gasteiger partial charge in [-0.1, -0.05) is 127 Å². The van der Waals surface area contributed by atoms with Crippen LogP contribution in [0.25, 0.3) is 105 Å². The Labute approximate surface area is 294 Å². The summed E-state index contributed by atoms with van der Waals surface area (Å²) in [7, 11) is 0. The molecule has 0 atom stereocenters. The summed E-state index contributed by atoms with van der Waals surface area (Å²) in [4.78, 5) is 15.8. The van der Waals surface area contributed by atoms with Gasteiger partial charge in [0, 0.05) is 33.2 Å². The maximum Gasteiger partial charge on any atom is 0.145 e.